The number of hydrogen-bond donors (Lipinski definition) is 0. The Labute approximate surface area is 185 Å². The topological polar surface area (TPSA) is 3.24 Å². The Morgan fingerprint density at radius 2 is 1.71 bits per heavy atom. The van der Waals surface area contributed by atoms with Gasteiger partial charge in [-0.25, -0.2) is 13.2 Å². The van der Waals surface area contributed by atoms with Crippen LogP contribution in [-0.4, -0.2) is 24.5 Å². The molecule has 0 radical (unpaired) electrons. The minimum absolute atomic E-state index is 0.163. The summed E-state index contributed by atoms with van der Waals surface area (Å²) in [5.74, 6) is -2.80. The van der Waals surface area contributed by atoms with Crippen molar-refractivity contribution in [3.63, 3.8) is 0 Å². The molecule has 3 aromatic carbocycles. The molecule has 0 spiro atoms. The fourth-order valence-electron chi connectivity index (χ4n) is 3.96. The van der Waals surface area contributed by atoms with Gasteiger partial charge < -0.3 is 0 Å². The predicted octanol–water partition coefficient (Wildman–Crippen LogP) is 7.06. The molecule has 0 atom stereocenters. The molecule has 0 bridgehead atoms. The average Bonchev–Trinajstić information content (AvgIpc) is 2.80. The molecule has 1 aliphatic rings. The Hall–Kier alpha value is -2.56. The van der Waals surface area contributed by atoms with E-state index in [9.17, 15) is 13.2 Å². The summed E-state index contributed by atoms with van der Waals surface area (Å²) in [5.41, 5.74) is 3.91. The van der Waals surface area contributed by atoms with Crippen molar-refractivity contribution >= 4 is 17.2 Å². The van der Waals surface area contributed by atoms with E-state index in [4.69, 9.17) is 11.6 Å². The fraction of sp³-hybridized carbons (Fsp3) is 0.231. The molecule has 5 heteroatoms. The van der Waals surface area contributed by atoms with Gasteiger partial charge in [0.2, 0.25) is 0 Å². The molecule has 0 unspecified atom stereocenters. The van der Waals surface area contributed by atoms with Gasteiger partial charge in [-0.2, -0.15) is 0 Å². The maximum absolute atomic E-state index is 14.4. The quantitative estimate of drug-likeness (QED) is 0.383. The lowest BCUT2D eigenvalue weighted by Gasteiger charge is -2.27. The zero-order valence-electron chi connectivity index (χ0n) is 17.3. The molecule has 0 aromatic heterocycles. The Balaban J connectivity index is 1.40. The first-order chi connectivity index (χ1) is 14.9. The van der Waals surface area contributed by atoms with E-state index in [0.717, 1.165) is 52.9 Å². The molecule has 0 saturated heterocycles. The van der Waals surface area contributed by atoms with Crippen molar-refractivity contribution in [3.05, 3.63) is 99.8 Å². The monoisotopic (exact) mass is 441 g/mol. The minimum atomic E-state index is -1.12. The van der Waals surface area contributed by atoms with Crippen LogP contribution in [0.5, 0.6) is 0 Å². The third-order valence-electron chi connectivity index (χ3n) is 5.87. The molecular formula is C26H23ClF3N. The van der Waals surface area contributed by atoms with E-state index in [2.05, 4.69) is 29.2 Å². The summed E-state index contributed by atoms with van der Waals surface area (Å²) in [4.78, 5) is 2.25. The van der Waals surface area contributed by atoms with Crippen LogP contribution >= 0.6 is 11.6 Å². The maximum atomic E-state index is 14.4. The van der Waals surface area contributed by atoms with Crippen molar-refractivity contribution in [2.75, 3.05) is 19.6 Å². The Bertz CT molecular complexity index is 1130. The second kappa shape index (κ2) is 9.29. The van der Waals surface area contributed by atoms with Crippen molar-refractivity contribution < 1.29 is 13.2 Å². The molecule has 0 N–H and O–H groups in total. The van der Waals surface area contributed by atoms with E-state index < -0.39 is 17.5 Å². The van der Waals surface area contributed by atoms with E-state index in [1.807, 2.05) is 30.3 Å². The SMILES string of the molecule is Cc1c(F)c(F)cc(C2=CCN(CCc3ccc(-c4ccccc4)cc3Cl)CC2)c1F. The molecule has 0 aliphatic carbocycles. The van der Waals surface area contributed by atoms with Crippen LogP contribution in [0.1, 0.15) is 23.1 Å². The predicted molar refractivity (Wildman–Crippen MR) is 121 cm³/mol. The number of hydrogen-bond acceptors (Lipinski definition) is 1. The molecule has 0 amide bonds. The van der Waals surface area contributed by atoms with Gasteiger partial charge in [0.1, 0.15) is 5.82 Å². The van der Waals surface area contributed by atoms with Crippen LogP contribution in [-0.2, 0) is 6.42 Å². The van der Waals surface area contributed by atoms with Gasteiger partial charge in [0.05, 0.1) is 0 Å². The van der Waals surface area contributed by atoms with Gasteiger partial charge in [0, 0.05) is 35.8 Å². The van der Waals surface area contributed by atoms with Crippen LogP contribution in [0.15, 0.2) is 60.7 Å². The lowest BCUT2D eigenvalue weighted by atomic mass is 9.96. The molecule has 3 aromatic rings. The zero-order chi connectivity index (χ0) is 22.0. The second-order valence-corrected chi connectivity index (χ2v) is 8.27. The number of benzene rings is 3. The summed E-state index contributed by atoms with van der Waals surface area (Å²) in [6.07, 6.45) is 3.29. The third kappa shape index (κ3) is 4.70. The van der Waals surface area contributed by atoms with Crippen LogP contribution in [0.3, 0.4) is 0 Å². The largest absolute Gasteiger partial charge is 0.299 e. The summed E-state index contributed by atoms with van der Waals surface area (Å²) in [6.45, 7) is 3.43. The smallest absolute Gasteiger partial charge is 0.164 e. The first-order valence-electron chi connectivity index (χ1n) is 10.3. The molecule has 4 rings (SSSR count). The van der Waals surface area contributed by atoms with Gasteiger partial charge in [0.25, 0.3) is 0 Å². The first kappa shape index (κ1) is 21.7. The zero-order valence-corrected chi connectivity index (χ0v) is 18.0. The molecular weight excluding hydrogens is 419 g/mol. The van der Waals surface area contributed by atoms with Crippen LogP contribution in [0.2, 0.25) is 5.02 Å². The summed E-state index contributed by atoms with van der Waals surface area (Å²) >= 11 is 6.52. The third-order valence-corrected chi connectivity index (χ3v) is 6.22. The number of rotatable bonds is 5. The van der Waals surface area contributed by atoms with Crippen molar-refractivity contribution in [2.24, 2.45) is 0 Å². The molecule has 1 aliphatic heterocycles. The molecule has 0 fully saturated rings. The maximum Gasteiger partial charge on any atom is 0.164 e. The summed E-state index contributed by atoms with van der Waals surface area (Å²) < 4.78 is 41.7. The van der Waals surface area contributed by atoms with Gasteiger partial charge in [-0.3, -0.25) is 4.90 Å². The van der Waals surface area contributed by atoms with Crippen molar-refractivity contribution in [1.82, 2.24) is 4.90 Å². The highest BCUT2D eigenvalue weighted by Gasteiger charge is 2.20. The highest BCUT2D eigenvalue weighted by molar-refractivity contribution is 6.31. The average molecular weight is 442 g/mol. The normalized spacial score (nSPS) is 14.5. The molecule has 1 heterocycles. The van der Waals surface area contributed by atoms with Crippen molar-refractivity contribution in [1.29, 1.82) is 0 Å². The molecule has 1 nitrogen and oxygen atoms in total. The Kier molecular flexibility index (Phi) is 6.49. The first-order valence-corrected chi connectivity index (χ1v) is 10.7. The van der Waals surface area contributed by atoms with Gasteiger partial charge >= 0.3 is 0 Å². The molecule has 0 saturated carbocycles. The Morgan fingerprint density at radius 1 is 0.935 bits per heavy atom. The minimum Gasteiger partial charge on any atom is -0.299 e. The lowest BCUT2D eigenvalue weighted by Crippen LogP contribution is -2.30. The Morgan fingerprint density at radius 3 is 2.39 bits per heavy atom. The fourth-order valence-corrected chi connectivity index (χ4v) is 4.24. The van der Waals surface area contributed by atoms with Crippen LogP contribution in [0.25, 0.3) is 16.7 Å². The summed E-state index contributed by atoms with van der Waals surface area (Å²) in [5, 5.41) is 0.744. The van der Waals surface area contributed by atoms with Crippen LogP contribution in [0.4, 0.5) is 13.2 Å². The molecule has 160 valence electrons. The number of halogens is 4. The standard InChI is InChI=1S/C26H23ClF3N/c1-17-25(29)22(16-24(28)26(17)30)19-9-12-31(13-10-19)14-11-20-7-8-21(15-23(20)27)18-5-3-2-4-6-18/h2-9,15-16H,10-14H2,1H3. The van der Waals surface area contributed by atoms with E-state index in [-0.39, 0.29) is 11.1 Å². The van der Waals surface area contributed by atoms with Crippen LogP contribution < -0.4 is 0 Å². The van der Waals surface area contributed by atoms with Crippen molar-refractivity contribution in [2.45, 2.75) is 19.8 Å². The van der Waals surface area contributed by atoms with Gasteiger partial charge in [0.15, 0.2) is 11.6 Å². The summed E-state index contributed by atoms with van der Waals surface area (Å²) in [7, 11) is 0. The van der Waals surface area contributed by atoms with E-state index >= 15 is 0 Å². The highest BCUT2D eigenvalue weighted by atomic mass is 35.5. The van der Waals surface area contributed by atoms with Gasteiger partial charge in [-0.05, 0) is 54.2 Å². The summed E-state index contributed by atoms with van der Waals surface area (Å²) in [6, 6.07) is 17.2. The van der Waals surface area contributed by atoms with Crippen molar-refractivity contribution in [3.8, 4) is 11.1 Å². The van der Waals surface area contributed by atoms with E-state index in [0.29, 0.717) is 13.0 Å². The second-order valence-electron chi connectivity index (χ2n) is 7.86. The highest BCUT2D eigenvalue weighted by Crippen LogP contribution is 2.30. The lowest BCUT2D eigenvalue weighted by molar-refractivity contribution is 0.305. The number of nitrogens with zero attached hydrogens (tertiary/aromatic N) is 1. The van der Waals surface area contributed by atoms with Crippen LogP contribution in [0, 0.1) is 24.4 Å². The van der Waals surface area contributed by atoms with Gasteiger partial charge in [-0.1, -0.05) is 60.1 Å². The van der Waals surface area contributed by atoms with E-state index in [1.54, 1.807) is 0 Å². The van der Waals surface area contributed by atoms with Gasteiger partial charge in [-0.15, -0.1) is 0 Å². The molecule has 31 heavy (non-hydrogen) atoms. The van der Waals surface area contributed by atoms with E-state index in [1.165, 1.54) is 6.92 Å².